The average Bonchev–Trinajstić information content (AvgIpc) is 2.27. The highest BCUT2D eigenvalue weighted by molar-refractivity contribution is 5.13. The highest BCUT2D eigenvalue weighted by Crippen LogP contribution is 2.18. The van der Waals surface area contributed by atoms with Crippen LogP contribution < -0.4 is 0 Å². The molecule has 0 fully saturated rings. The molecule has 0 aliphatic rings. The van der Waals surface area contributed by atoms with Crippen molar-refractivity contribution >= 4 is 0 Å². The van der Waals surface area contributed by atoms with E-state index in [2.05, 4.69) is 0 Å². The Morgan fingerprint density at radius 3 is 2.47 bits per heavy atom. The first-order valence-corrected chi connectivity index (χ1v) is 5.44. The molecular weight excluding hydrogens is 188 g/mol. The van der Waals surface area contributed by atoms with Crippen LogP contribution in [0.1, 0.15) is 32.8 Å². The van der Waals surface area contributed by atoms with Gasteiger partial charge in [0.05, 0.1) is 18.3 Å². The zero-order valence-electron chi connectivity index (χ0n) is 9.73. The van der Waals surface area contributed by atoms with Gasteiger partial charge in [-0.2, -0.15) is 0 Å². The van der Waals surface area contributed by atoms with Crippen LogP contribution in [0.5, 0.6) is 0 Å². The number of hydrogen-bond acceptors (Lipinski definition) is 2. The first-order chi connectivity index (χ1) is 7.06. The molecule has 2 heteroatoms. The van der Waals surface area contributed by atoms with Gasteiger partial charge in [0.15, 0.2) is 0 Å². The van der Waals surface area contributed by atoms with Crippen molar-refractivity contribution in [3.05, 3.63) is 35.9 Å². The number of rotatable bonds is 5. The van der Waals surface area contributed by atoms with E-state index in [1.54, 1.807) is 0 Å². The zero-order valence-corrected chi connectivity index (χ0v) is 9.73. The van der Waals surface area contributed by atoms with Crippen molar-refractivity contribution in [2.75, 3.05) is 0 Å². The molecule has 0 aliphatic heterocycles. The molecule has 1 N–H and O–H groups in total. The van der Waals surface area contributed by atoms with Crippen molar-refractivity contribution in [2.45, 2.75) is 45.5 Å². The van der Waals surface area contributed by atoms with Crippen molar-refractivity contribution in [2.24, 2.45) is 0 Å². The van der Waals surface area contributed by atoms with E-state index in [1.165, 1.54) is 0 Å². The molecule has 0 amide bonds. The third-order valence-corrected chi connectivity index (χ3v) is 2.93. The molecule has 0 saturated heterocycles. The fourth-order valence-electron chi connectivity index (χ4n) is 1.26. The molecule has 0 saturated carbocycles. The minimum atomic E-state index is -0.741. The Kier molecular flexibility index (Phi) is 4.30. The molecule has 0 spiro atoms. The highest BCUT2D eigenvalue weighted by Gasteiger charge is 2.26. The Bertz CT molecular complexity index is 280. The highest BCUT2D eigenvalue weighted by atomic mass is 16.5. The topological polar surface area (TPSA) is 29.5 Å². The van der Waals surface area contributed by atoms with Crippen molar-refractivity contribution in [3.8, 4) is 0 Å². The second-order valence-electron chi connectivity index (χ2n) is 4.15. The van der Waals surface area contributed by atoms with E-state index < -0.39 is 5.60 Å². The molecular formula is C13H20O2. The summed E-state index contributed by atoms with van der Waals surface area (Å²) >= 11 is 0. The smallest absolute Gasteiger partial charge is 0.0875 e. The monoisotopic (exact) mass is 208 g/mol. The third-order valence-electron chi connectivity index (χ3n) is 2.93. The average molecular weight is 208 g/mol. The molecule has 2 nitrogen and oxygen atoms in total. The van der Waals surface area contributed by atoms with Crippen LogP contribution in [-0.2, 0) is 11.3 Å². The normalized spacial score (nSPS) is 17.1. The van der Waals surface area contributed by atoms with Crippen molar-refractivity contribution in [3.63, 3.8) is 0 Å². The van der Waals surface area contributed by atoms with Crippen LogP contribution in [0.15, 0.2) is 30.3 Å². The lowest BCUT2D eigenvalue weighted by Crippen LogP contribution is -2.38. The molecule has 0 heterocycles. The molecule has 0 radical (unpaired) electrons. The summed E-state index contributed by atoms with van der Waals surface area (Å²) in [4.78, 5) is 0. The quantitative estimate of drug-likeness (QED) is 0.806. The number of aliphatic hydroxyl groups is 1. The summed E-state index contributed by atoms with van der Waals surface area (Å²) in [6.45, 7) is 6.23. The van der Waals surface area contributed by atoms with Gasteiger partial charge < -0.3 is 9.84 Å². The summed E-state index contributed by atoms with van der Waals surface area (Å²) in [7, 11) is 0. The maximum Gasteiger partial charge on any atom is 0.0875 e. The van der Waals surface area contributed by atoms with Crippen LogP contribution in [0.4, 0.5) is 0 Å². The van der Waals surface area contributed by atoms with E-state index in [-0.39, 0.29) is 6.10 Å². The molecule has 0 bridgehead atoms. The molecule has 1 rings (SSSR count). The second kappa shape index (κ2) is 5.29. The molecule has 15 heavy (non-hydrogen) atoms. The Balaban J connectivity index is 2.44. The fourth-order valence-corrected chi connectivity index (χ4v) is 1.26. The number of ether oxygens (including phenoxy) is 1. The summed E-state index contributed by atoms with van der Waals surface area (Å²) in [5.74, 6) is 0. The van der Waals surface area contributed by atoms with E-state index in [1.807, 2.05) is 51.1 Å². The van der Waals surface area contributed by atoms with Crippen LogP contribution in [0.3, 0.4) is 0 Å². The summed E-state index contributed by atoms with van der Waals surface area (Å²) in [6.07, 6.45) is 0.547. The van der Waals surface area contributed by atoms with Gasteiger partial charge in [-0.15, -0.1) is 0 Å². The van der Waals surface area contributed by atoms with Gasteiger partial charge in [-0.05, 0) is 25.8 Å². The summed E-state index contributed by atoms with van der Waals surface area (Å²) in [5, 5.41) is 9.94. The first-order valence-electron chi connectivity index (χ1n) is 5.44. The Morgan fingerprint density at radius 1 is 1.33 bits per heavy atom. The largest absolute Gasteiger partial charge is 0.387 e. The summed E-state index contributed by atoms with van der Waals surface area (Å²) in [5.41, 5.74) is 0.394. The lowest BCUT2D eigenvalue weighted by atomic mass is 9.97. The van der Waals surface area contributed by atoms with Crippen molar-refractivity contribution < 1.29 is 9.84 Å². The van der Waals surface area contributed by atoms with E-state index in [0.717, 1.165) is 5.56 Å². The van der Waals surface area contributed by atoms with Gasteiger partial charge in [-0.25, -0.2) is 0 Å². The summed E-state index contributed by atoms with van der Waals surface area (Å²) < 4.78 is 5.63. The van der Waals surface area contributed by atoms with E-state index in [9.17, 15) is 5.11 Å². The lowest BCUT2D eigenvalue weighted by Gasteiger charge is -2.29. The van der Waals surface area contributed by atoms with E-state index >= 15 is 0 Å². The van der Waals surface area contributed by atoms with Gasteiger partial charge >= 0.3 is 0 Å². The zero-order chi connectivity index (χ0) is 11.3. The van der Waals surface area contributed by atoms with E-state index in [0.29, 0.717) is 13.0 Å². The van der Waals surface area contributed by atoms with E-state index in [4.69, 9.17) is 4.74 Å². The molecule has 2 atom stereocenters. The Labute approximate surface area is 91.9 Å². The van der Waals surface area contributed by atoms with Crippen LogP contribution in [0.25, 0.3) is 0 Å². The first kappa shape index (κ1) is 12.2. The van der Waals surface area contributed by atoms with Crippen molar-refractivity contribution in [1.29, 1.82) is 0 Å². The molecule has 0 aromatic heterocycles. The van der Waals surface area contributed by atoms with Gasteiger partial charge in [0.2, 0.25) is 0 Å². The van der Waals surface area contributed by atoms with Gasteiger partial charge in [-0.3, -0.25) is 0 Å². The Hall–Kier alpha value is -0.860. The second-order valence-corrected chi connectivity index (χ2v) is 4.15. The van der Waals surface area contributed by atoms with Crippen LogP contribution in [0.2, 0.25) is 0 Å². The molecule has 1 aromatic rings. The van der Waals surface area contributed by atoms with Crippen LogP contribution in [-0.4, -0.2) is 16.8 Å². The van der Waals surface area contributed by atoms with Crippen molar-refractivity contribution in [1.82, 2.24) is 0 Å². The predicted molar refractivity (Wildman–Crippen MR) is 61.6 cm³/mol. The fraction of sp³-hybridized carbons (Fsp3) is 0.538. The number of hydrogen-bond donors (Lipinski definition) is 1. The standard InChI is InChI=1S/C13H20O2/c1-4-13(3,14)11(2)15-10-12-8-6-5-7-9-12/h5-9,11,14H,4,10H2,1-3H3/t11-,13-/m1/s1. The summed E-state index contributed by atoms with van der Waals surface area (Å²) in [6, 6.07) is 10.00. The lowest BCUT2D eigenvalue weighted by molar-refractivity contribution is -0.0973. The van der Waals surface area contributed by atoms with Gasteiger partial charge in [0.1, 0.15) is 0 Å². The molecule has 0 unspecified atom stereocenters. The number of benzene rings is 1. The molecule has 84 valence electrons. The van der Waals surface area contributed by atoms with Crippen LogP contribution in [0, 0.1) is 0 Å². The maximum absolute atomic E-state index is 9.94. The van der Waals surface area contributed by atoms with Crippen LogP contribution >= 0.6 is 0 Å². The molecule has 0 aliphatic carbocycles. The van der Waals surface area contributed by atoms with Gasteiger partial charge in [-0.1, -0.05) is 37.3 Å². The maximum atomic E-state index is 9.94. The van der Waals surface area contributed by atoms with Gasteiger partial charge in [0.25, 0.3) is 0 Å². The molecule has 1 aromatic carbocycles. The third kappa shape index (κ3) is 3.65. The van der Waals surface area contributed by atoms with Gasteiger partial charge in [0, 0.05) is 0 Å². The predicted octanol–water partition coefficient (Wildman–Crippen LogP) is 2.75. The Morgan fingerprint density at radius 2 is 1.93 bits per heavy atom. The SMILES string of the molecule is CC[C@@](C)(O)[C@@H](C)OCc1ccccc1. The minimum absolute atomic E-state index is 0.150. The minimum Gasteiger partial charge on any atom is -0.387 e.